The molecule has 0 aliphatic carbocycles. The summed E-state index contributed by atoms with van der Waals surface area (Å²) in [6, 6.07) is 11.4. The van der Waals surface area contributed by atoms with Gasteiger partial charge in [-0.25, -0.2) is 14.2 Å². The van der Waals surface area contributed by atoms with E-state index in [9.17, 15) is 19.4 Å². The number of phenolic OH excluding ortho intramolecular Hbond substituents is 1. The average Bonchev–Trinajstić information content (AvgIpc) is 2.94. The predicted molar refractivity (Wildman–Crippen MR) is 108 cm³/mol. The monoisotopic (exact) mass is 399 g/mol. The molecule has 2 aromatic carbocycles. The van der Waals surface area contributed by atoms with Crippen molar-refractivity contribution in [3.8, 4) is 5.75 Å². The van der Waals surface area contributed by atoms with Gasteiger partial charge < -0.3 is 14.9 Å². The Labute approximate surface area is 165 Å². The summed E-state index contributed by atoms with van der Waals surface area (Å²) in [5, 5.41) is 20.8. The highest BCUT2D eigenvalue weighted by atomic mass is 32.2. The first kappa shape index (κ1) is 19.7. The first-order valence-corrected chi connectivity index (χ1v) is 9.35. The number of ether oxygens (including phenoxy) is 1. The molecular weight excluding hydrogens is 381 g/mol. The van der Waals surface area contributed by atoms with E-state index in [1.54, 1.807) is 13.0 Å². The summed E-state index contributed by atoms with van der Waals surface area (Å²) in [6.07, 6.45) is 1.40. The first-order chi connectivity index (χ1) is 13.4. The van der Waals surface area contributed by atoms with Gasteiger partial charge in [0.15, 0.2) is 11.6 Å². The van der Waals surface area contributed by atoms with Crippen molar-refractivity contribution in [3.05, 3.63) is 75.6 Å². The molecule has 0 atom stereocenters. The summed E-state index contributed by atoms with van der Waals surface area (Å²) in [5.41, 5.74) is 1.73. The summed E-state index contributed by atoms with van der Waals surface area (Å²) < 4.78 is 18.6. The molecule has 0 aromatic heterocycles. The van der Waals surface area contributed by atoms with Gasteiger partial charge in [0.05, 0.1) is 17.2 Å². The zero-order valence-corrected chi connectivity index (χ0v) is 16.1. The molecule has 0 saturated carbocycles. The molecule has 1 aliphatic heterocycles. The maximum Gasteiger partial charge on any atom is 0.344 e. The normalized spacial score (nSPS) is 16.8. The van der Waals surface area contributed by atoms with Crippen LogP contribution in [-0.4, -0.2) is 27.8 Å². The standard InChI is InChI=1S/C21H18FNO4S/c1-3-27-21(26)17-19(25)16(11-13-7-5-9-15(22)18(13)24)28-20(17)23-14-8-4-6-12(2)10-14/h4-11,24-25H,3H2,1-2H3/b16-11+,23-20?. The van der Waals surface area contributed by atoms with E-state index in [4.69, 9.17) is 4.74 Å². The highest BCUT2D eigenvalue weighted by molar-refractivity contribution is 8.18. The molecule has 0 fully saturated rings. The van der Waals surface area contributed by atoms with E-state index < -0.39 is 17.5 Å². The Hall–Kier alpha value is -3.06. The molecule has 0 spiro atoms. The minimum atomic E-state index is -0.778. The van der Waals surface area contributed by atoms with Gasteiger partial charge in [-0.1, -0.05) is 36.0 Å². The quantitative estimate of drug-likeness (QED) is 0.705. The van der Waals surface area contributed by atoms with E-state index in [1.165, 1.54) is 18.2 Å². The lowest BCUT2D eigenvalue weighted by atomic mass is 10.1. The van der Waals surface area contributed by atoms with Gasteiger partial charge in [0.1, 0.15) is 16.4 Å². The van der Waals surface area contributed by atoms with Crippen LogP contribution >= 0.6 is 11.8 Å². The number of aliphatic hydroxyl groups excluding tert-OH is 1. The molecule has 5 nitrogen and oxygen atoms in total. The third-order valence-electron chi connectivity index (χ3n) is 3.91. The van der Waals surface area contributed by atoms with Gasteiger partial charge in [0.2, 0.25) is 0 Å². The minimum Gasteiger partial charge on any atom is -0.506 e. The van der Waals surface area contributed by atoms with Crippen LogP contribution in [0, 0.1) is 12.7 Å². The zero-order chi connectivity index (χ0) is 20.3. The number of carbonyl (C=O) groups excluding carboxylic acids is 1. The lowest BCUT2D eigenvalue weighted by Crippen LogP contribution is -2.12. The van der Waals surface area contributed by atoms with Gasteiger partial charge in [-0.3, -0.25) is 0 Å². The van der Waals surface area contributed by atoms with Crippen molar-refractivity contribution in [1.82, 2.24) is 0 Å². The molecule has 1 aliphatic rings. The maximum atomic E-state index is 13.6. The molecule has 0 saturated heterocycles. The SMILES string of the molecule is CCOC(=O)C1=C(O)/C(=C\c2cccc(F)c2O)SC1=Nc1cccc(C)c1. The number of phenols is 1. The number of aromatic hydroxyl groups is 1. The van der Waals surface area contributed by atoms with E-state index in [2.05, 4.69) is 4.99 Å². The number of hydrogen-bond acceptors (Lipinski definition) is 6. The number of aryl methyl sites for hydroxylation is 1. The smallest absolute Gasteiger partial charge is 0.344 e. The second-order valence-electron chi connectivity index (χ2n) is 5.99. The number of aliphatic imine (C=N–C) groups is 1. The summed E-state index contributed by atoms with van der Waals surface area (Å²) in [4.78, 5) is 17.1. The Morgan fingerprint density at radius 2 is 2.00 bits per heavy atom. The van der Waals surface area contributed by atoms with Crippen LogP contribution in [0.1, 0.15) is 18.1 Å². The van der Waals surface area contributed by atoms with Crippen LogP contribution in [-0.2, 0) is 9.53 Å². The second-order valence-corrected chi connectivity index (χ2v) is 7.02. The first-order valence-electron chi connectivity index (χ1n) is 8.54. The zero-order valence-electron chi connectivity index (χ0n) is 15.3. The van der Waals surface area contributed by atoms with Crippen molar-refractivity contribution in [2.75, 3.05) is 6.61 Å². The third kappa shape index (κ3) is 4.09. The molecule has 144 valence electrons. The molecule has 2 N–H and O–H groups in total. The van der Waals surface area contributed by atoms with Gasteiger partial charge in [0.25, 0.3) is 0 Å². The number of nitrogens with zero attached hydrogens (tertiary/aromatic N) is 1. The molecule has 0 radical (unpaired) electrons. The average molecular weight is 399 g/mol. The Morgan fingerprint density at radius 1 is 1.25 bits per heavy atom. The minimum absolute atomic E-state index is 0.0597. The molecular formula is C21H18FNO4S. The van der Waals surface area contributed by atoms with Crippen molar-refractivity contribution in [2.45, 2.75) is 13.8 Å². The van der Waals surface area contributed by atoms with Crippen LogP contribution in [0.2, 0.25) is 0 Å². The topological polar surface area (TPSA) is 79.1 Å². The number of esters is 1. The van der Waals surface area contributed by atoms with Crippen LogP contribution in [0.4, 0.5) is 10.1 Å². The fourth-order valence-corrected chi connectivity index (χ4v) is 3.62. The van der Waals surface area contributed by atoms with Crippen LogP contribution < -0.4 is 0 Å². The van der Waals surface area contributed by atoms with Gasteiger partial charge >= 0.3 is 5.97 Å². The number of aliphatic hydroxyl groups is 1. The van der Waals surface area contributed by atoms with Crippen molar-refractivity contribution in [3.63, 3.8) is 0 Å². The number of hydrogen-bond donors (Lipinski definition) is 2. The number of para-hydroxylation sites is 1. The van der Waals surface area contributed by atoms with Crippen molar-refractivity contribution >= 4 is 34.5 Å². The highest BCUT2D eigenvalue weighted by Crippen LogP contribution is 2.41. The van der Waals surface area contributed by atoms with E-state index in [0.29, 0.717) is 5.69 Å². The largest absolute Gasteiger partial charge is 0.506 e. The number of rotatable bonds is 4. The lowest BCUT2D eigenvalue weighted by Gasteiger charge is -2.04. The second kappa shape index (κ2) is 8.31. The Balaban J connectivity index is 2.08. The van der Waals surface area contributed by atoms with Gasteiger partial charge in [-0.15, -0.1) is 0 Å². The highest BCUT2D eigenvalue weighted by Gasteiger charge is 2.33. The van der Waals surface area contributed by atoms with Crippen molar-refractivity contribution in [1.29, 1.82) is 0 Å². The molecule has 7 heteroatoms. The number of halogens is 1. The molecule has 28 heavy (non-hydrogen) atoms. The van der Waals surface area contributed by atoms with Crippen LogP contribution in [0.25, 0.3) is 6.08 Å². The molecule has 1 heterocycles. The van der Waals surface area contributed by atoms with E-state index in [1.807, 2.05) is 25.1 Å². The van der Waals surface area contributed by atoms with Crippen LogP contribution in [0.5, 0.6) is 5.75 Å². The van der Waals surface area contributed by atoms with Gasteiger partial charge in [0, 0.05) is 5.56 Å². The molecule has 0 unspecified atom stereocenters. The maximum absolute atomic E-state index is 13.6. The van der Waals surface area contributed by atoms with Crippen LogP contribution in [0.3, 0.4) is 0 Å². The lowest BCUT2D eigenvalue weighted by molar-refractivity contribution is -0.138. The van der Waals surface area contributed by atoms with Crippen molar-refractivity contribution in [2.24, 2.45) is 4.99 Å². The van der Waals surface area contributed by atoms with Crippen LogP contribution in [0.15, 0.2) is 63.7 Å². The Bertz CT molecular complexity index is 1030. The molecule has 0 amide bonds. The summed E-state index contributed by atoms with van der Waals surface area (Å²) in [5.74, 6) is -2.34. The molecule has 3 rings (SSSR count). The fraction of sp³-hybridized carbons (Fsp3) is 0.143. The fourth-order valence-electron chi connectivity index (χ4n) is 2.60. The molecule has 2 aromatic rings. The van der Waals surface area contributed by atoms with Crippen molar-refractivity contribution < 1.29 is 24.1 Å². The van der Waals surface area contributed by atoms with Gasteiger partial charge in [-0.05, 0) is 43.7 Å². The van der Waals surface area contributed by atoms with E-state index in [0.717, 1.165) is 23.4 Å². The number of carbonyl (C=O) groups is 1. The Kier molecular flexibility index (Phi) is 5.84. The summed E-state index contributed by atoms with van der Waals surface area (Å²) in [7, 11) is 0. The summed E-state index contributed by atoms with van der Waals surface area (Å²) in [6.45, 7) is 3.72. The van der Waals surface area contributed by atoms with E-state index in [-0.39, 0.29) is 33.5 Å². The number of benzene rings is 2. The Morgan fingerprint density at radius 3 is 2.71 bits per heavy atom. The van der Waals surface area contributed by atoms with E-state index >= 15 is 0 Å². The third-order valence-corrected chi connectivity index (χ3v) is 4.93. The number of thioether (sulfide) groups is 1. The van der Waals surface area contributed by atoms with Gasteiger partial charge in [-0.2, -0.15) is 0 Å². The molecule has 0 bridgehead atoms. The predicted octanol–water partition coefficient (Wildman–Crippen LogP) is 5.03. The summed E-state index contributed by atoms with van der Waals surface area (Å²) >= 11 is 1.04.